The van der Waals surface area contributed by atoms with Crippen molar-refractivity contribution in [3.05, 3.63) is 0 Å². The van der Waals surface area contributed by atoms with Crippen LogP contribution >= 0.6 is 0 Å². The van der Waals surface area contributed by atoms with Gasteiger partial charge in [0.25, 0.3) is 0 Å². The van der Waals surface area contributed by atoms with Crippen molar-refractivity contribution in [3.8, 4) is 0 Å². The average Bonchev–Trinajstić information content (AvgIpc) is 2.47. The molecule has 1 N–H and O–H groups in total. The molecular formula is C16H29N3O4. The Balaban J connectivity index is 2.50. The van der Waals surface area contributed by atoms with Gasteiger partial charge in [-0.25, -0.2) is 4.79 Å². The van der Waals surface area contributed by atoms with E-state index in [0.29, 0.717) is 39.1 Å². The van der Waals surface area contributed by atoms with Gasteiger partial charge in [0.1, 0.15) is 0 Å². The summed E-state index contributed by atoms with van der Waals surface area (Å²) < 4.78 is 4.96. The summed E-state index contributed by atoms with van der Waals surface area (Å²) >= 11 is 0. The quantitative estimate of drug-likeness (QED) is 0.794. The first-order chi connectivity index (χ1) is 10.7. The second-order valence-electron chi connectivity index (χ2n) is 6.65. The number of carbonyl (C=O) groups excluding carboxylic acids is 3. The van der Waals surface area contributed by atoms with E-state index >= 15 is 0 Å². The largest absolute Gasteiger partial charge is 0.450 e. The Kier molecular flexibility index (Phi) is 6.84. The molecule has 0 radical (unpaired) electrons. The van der Waals surface area contributed by atoms with E-state index in [9.17, 15) is 14.4 Å². The number of likely N-dealkylation sites (tertiary alicyclic amines) is 1. The Morgan fingerprint density at radius 3 is 2.17 bits per heavy atom. The van der Waals surface area contributed by atoms with Crippen molar-refractivity contribution >= 4 is 17.9 Å². The van der Waals surface area contributed by atoms with Crippen molar-refractivity contribution in [2.45, 2.75) is 59.0 Å². The van der Waals surface area contributed by atoms with Crippen molar-refractivity contribution in [2.75, 3.05) is 26.2 Å². The zero-order valence-electron chi connectivity index (χ0n) is 14.8. The molecule has 0 aromatic heterocycles. The van der Waals surface area contributed by atoms with Gasteiger partial charge in [0.15, 0.2) is 0 Å². The topological polar surface area (TPSA) is 79.0 Å². The summed E-state index contributed by atoms with van der Waals surface area (Å²) in [4.78, 5) is 39.3. The van der Waals surface area contributed by atoms with Crippen LogP contribution < -0.4 is 5.32 Å². The van der Waals surface area contributed by atoms with E-state index in [2.05, 4.69) is 5.32 Å². The van der Waals surface area contributed by atoms with Gasteiger partial charge in [-0.2, -0.15) is 0 Å². The van der Waals surface area contributed by atoms with Gasteiger partial charge in [-0.1, -0.05) is 0 Å². The summed E-state index contributed by atoms with van der Waals surface area (Å²) in [7, 11) is 0. The van der Waals surface area contributed by atoms with Crippen molar-refractivity contribution < 1.29 is 19.1 Å². The third-order valence-corrected chi connectivity index (χ3v) is 3.92. The summed E-state index contributed by atoms with van der Waals surface area (Å²) in [5, 5.41) is 2.79. The van der Waals surface area contributed by atoms with E-state index < -0.39 is 17.4 Å². The molecular weight excluding hydrogens is 298 g/mol. The monoisotopic (exact) mass is 327 g/mol. The maximum atomic E-state index is 12.3. The Morgan fingerprint density at radius 1 is 1.17 bits per heavy atom. The third kappa shape index (κ3) is 5.41. The molecule has 3 amide bonds. The van der Waals surface area contributed by atoms with E-state index in [1.165, 1.54) is 0 Å². The van der Waals surface area contributed by atoms with Gasteiger partial charge in [0.05, 0.1) is 6.61 Å². The summed E-state index contributed by atoms with van der Waals surface area (Å²) in [6.45, 7) is 11.2. The Morgan fingerprint density at radius 2 is 1.74 bits per heavy atom. The van der Waals surface area contributed by atoms with E-state index in [4.69, 9.17) is 4.74 Å². The molecule has 1 fully saturated rings. The van der Waals surface area contributed by atoms with Crippen molar-refractivity contribution in [1.82, 2.24) is 15.1 Å². The molecule has 0 atom stereocenters. The number of carbonyl (C=O) groups is 3. The lowest BCUT2D eigenvalue weighted by molar-refractivity contribution is -0.149. The van der Waals surface area contributed by atoms with Gasteiger partial charge in [0.2, 0.25) is 0 Å². The standard InChI is InChI=1S/C16H29N3O4/c1-6-19(16(3,4)5)14(21)13(20)17-12-8-10-18(11-9-12)15(22)23-7-2/h12H,6-11H2,1-5H3,(H,17,20). The lowest BCUT2D eigenvalue weighted by Gasteiger charge is -2.35. The van der Waals surface area contributed by atoms with E-state index in [0.717, 1.165) is 0 Å². The SMILES string of the molecule is CCOC(=O)N1CCC(NC(=O)C(=O)N(CC)C(C)(C)C)CC1. The Hall–Kier alpha value is -1.79. The van der Waals surface area contributed by atoms with Crippen LogP contribution in [0.15, 0.2) is 0 Å². The fourth-order valence-corrected chi connectivity index (χ4v) is 2.71. The van der Waals surface area contributed by atoms with E-state index in [-0.39, 0.29) is 12.1 Å². The van der Waals surface area contributed by atoms with Crippen LogP contribution in [0.4, 0.5) is 4.79 Å². The predicted molar refractivity (Wildman–Crippen MR) is 86.9 cm³/mol. The number of hydrogen-bond donors (Lipinski definition) is 1. The number of ether oxygens (including phenoxy) is 1. The highest BCUT2D eigenvalue weighted by Gasteiger charge is 2.32. The minimum Gasteiger partial charge on any atom is -0.450 e. The smallest absolute Gasteiger partial charge is 0.409 e. The normalized spacial score (nSPS) is 16.0. The van der Waals surface area contributed by atoms with Gasteiger partial charge < -0.3 is 19.9 Å². The molecule has 23 heavy (non-hydrogen) atoms. The molecule has 0 spiro atoms. The predicted octanol–water partition coefficient (Wildman–Crippen LogP) is 1.37. The summed E-state index contributed by atoms with van der Waals surface area (Å²) in [5.74, 6) is -1.08. The van der Waals surface area contributed by atoms with Crippen LogP contribution in [0.2, 0.25) is 0 Å². The van der Waals surface area contributed by atoms with Crippen LogP contribution in [0.25, 0.3) is 0 Å². The second kappa shape index (κ2) is 8.17. The highest BCUT2D eigenvalue weighted by Crippen LogP contribution is 2.14. The van der Waals surface area contributed by atoms with E-state index in [1.54, 1.807) is 16.7 Å². The summed E-state index contributed by atoms with van der Waals surface area (Å²) in [5.41, 5.74) is -0.392. The average molecular weight is 327 g/mol. The van der Waals surface area contributed by atoms with Crippen molar-refractivity contribution in [1.29, 1.82) is 0 Å². The van der Waals surface area contributed by atoms with Crippen LogP contribution in [0, 0.1) is 0 Å². The van der Waals surface area contributed by atoms with Gasteiger partial charge in [-0.3, -0.25) is 9.59 Å². The number of nitrogens with one attached hydrogen (secondary N) is 1. The zero-order valence-corrected chi connectivity index (χ0v) is 14.8. The van der Waals surface area contributed by atoms with Crippen LogP contribution in [-0.2, 0) is 14.3 Å². The molecule has 1 saturated heterocycles. The first kappa shape index (κ1) is 19.3. The van der Waals surface area contributed by atoms with Gasteiger partial charge in [0, 0.05) is 31.2 Å². The minimum absolute atomic E-state index is 0.0872. The molecule has 0 saturated carbocycles. The molecule has 0 aliphatic carbocycles. The van der Waals surface area contributed by atoms with Crippen LogP contribution in [0.5, 0.6) is 0 Å². The molecule has 132 valence electrons. The minimum atomic E-state index is -0.573. The van der Waals surface area contributed by atoms with Crippen molar-refractivity contribution in [3.63, 3.8) is 0 Å². The lowest BCUT2D eigenvalue weighted by Crippen LogP contribution is -2.54. The highest BCUT2D eigenvalue weighted by atomic mass is 16.6. The fraction of sp³-hybridized carbons (Fsp3) is 0.812. The second-order valence-corrected chi connectivity index (χ2v) is 6.65. The number of nitrogens with zero attached hydrogens (tertiary/aromatic N) is 2. The first-order valence-corrected chi connectivity index (χ1v) is 8.24. The molecule has 1 aliphatic heterocycles. The number of amides is 3. The molecule has 0 bridgehead atoms. The summed E-state index contributed by atoms with van der Waals surface area (Å²) in [6.07, 6.45) is 0.928. The number of likely N-dealkylation sites (N-methyl/N-ethyl adjacent to an activating group) is 1. The highest BCUT2D eigenvalue weighted by molar-refractivity contribution is 6.35. The number of piperidine rings is 1. The molecule has 1 aliphatic rings. The van der Waals surface area contributed by atoms with Crippen LogP contribution in [0.3, 0.4) is 0 Å². The molecule has 1 heterocycles. The fourth-order valence-electron chi connectivity index (χ4n) is 2.71. The molecule has 1 rings (SSSR count). The first-order valence-electron chi connectivity index (χ1n) is 8.24. The van der Waals surface area contributed by atoms with E-state index in [1.807, 2.05) is 27.7 Å². The van der Waals surface area contributed by atoms with Crippen molar-refractivity contribution in [2.24, 2.45) is 0 Å². The third-order valence-electron chi connectivity index (χ3n) is 3.92. The van der Waals surface area contributed by atoms with Gasteiger partial charge in [-0.05, 0) is 47.5 Å². The maximum Gasteiger partial charge on any atom is 0.409 e. The maximum absolute atomic E-state index is 12.3. The van der Waals surface area contributed by atoms with Crippen LogP contribution in [0.1, 0.15) is 47.5 Å². The lowest BCUT2D eigenvalue weighted by atomic mass is 10.0. The van der Waals surface area contributed by atoms with Gasteiger partial charge in [-0.15, -0.1) is 0 Å². The molecule has 0 unspecified atom stereocenters. The molecule has 0 aromatic rings. The number of hydrogen-bond acceptors (Lipinski definition) is 4. The van der Waals surface area contributed by atoms with Gasteiger partial charge >= 0.3 is 17.9 Å². The molecule has 7 heteroatoms. The summed E-state index contributed by atoms with van der Waals surface area (Å²) in [6, 6.07) is -0.0872. The molecule has 7 nitrogen and oxygen atoms in total. The number of rotatable bonds is 3. The molecule has 0 aromatic carbocycles. The Labute approximate surface area is 138 Å². The van der Waals surface area contributed by atoms with Crippen LogP contribution in [-0.4, -0.2) is 65.5 Å². The zero-order chi connectivity index (χ0) is 17.6. The Bertz CT molecular complexity index is 437.